The van der Waals surface area contributed by atoms with Crippen LogP contribution in [0.2, 0.25) is 0 Å². The van der Waals surface area contributed by atoms with Gasteiger partial charge in [0, 0.05) is 31.4 Å². The number of hydrogen-bond acceptors (Lipinski definition) is 3. The fourth-order valence-electron chi connectivity index (χ4n) is 2.86. The van der Waals surface area contributed by atoms with Crippen LogP contribution in [0.4, 0.5) is 19.4 Å². The Labute approximate surface area is 121 Å². The minimum absolute atomic E-state index is 0.391. The summed E-state index contributed by atoms with van der Waals surface area (Å²) >= 11 is 0. The van der Waals surface area contributed by atoms with Crippen LogP contribution in [0.1, 0.15) is 49.3 Å². The quantitative estimate of drug-likeness (QED) is 0.931. The summed E-state index contributed by atoms with van der Waals surface area (Å²) in [5, 5.41) is 7.07. The van der Waals surface area contributed by atoms with Gasteiger partial charge in [-0.2, -0.15) is 5.10 Å². The lowest BCUT2D eigenvalue weighted by atomic mass is 9.82. The molecule has 2 aliphatic carbocycles. The van der Waals surface area contributed by atoms with Crippen molar-refractivity contribution in [2.45, 2.75) is 57.0 Å². The summed E-state index contributed by atoms with van der Waals surface area (Å²) in [6.07, 6.45) is 1.29. The number of nitrogens with one attached hydrogen (secondary N) is 1. The molecule has 0 saturated heterocycles. The first-order valence-electron chi connectivity index (χ1n) is 7.25. The van der Waals surface area contributed by atoms with E-state index >= 15 is 0 Å². The molecular formula is C14H19F2N3O2. The van der Waals surface area contributed by atoms with Gasteiger partial charge in [-0.15, -0.1) is 0 Å². The predicted octanol–water partition coefficient (Wildman–Crippen LogP) is 3.34. The topological polar surface area (TPSA) is 56.2 Å². The molecule has 0 radical (unpaired) electrons. The van der Waals surface area contributed by atoms with Crippen LogP contribution in [0.25, 0.3) is 0 Å². The summed E-state index contributed by atoms with van der Waals surface area (Å²) in [5.74, 6) is -1.65. The zero-order chi connectivity index (χ0) is 15.2. The molecule has 7 heteroatoms. The summed E-state index contributed by atoms with van der Waals surface area (Å²) in [6.45, 7) is 1.91. The molecule has 2 saturated carbocycles. The highest BCUT2D eigenvalue weighted by Crippen LogP contribution is 2.40. The van der Waals surface area contributed by atoms with Crippen molar-refractivity contribution < 1.29 is 18.3 Å². The first-order valence-corrected chi connectivity index (χ1v) is 7.25. The number of carbonyl (C=O) groups excluding carboxylic acids is 1. The van der Waals surface area contributed by atoms with E-state index in [0.29, 0.717) is 11.7 Å². The third-order valence-corrected chi connectivity index (χ3v) is 4.36. The van der Waals surface area contributed by atoms with Crippen LogP contribution in [0.3, 0.4) is 0 Å². The van der Waals surface area contributed by atoms with E-state index in [4.69, 9.17) is 4.74 Å². The van der Waals surface area contributed by atoms with E-state index in [2.05, 4.69) is 10.4 Å². The molecule has 1 amide bonds. The molecule has 0 unspecified atom stereocenters. The number of carbonyl (C=O) groups is 1. The number of hydrogen-bond donors (Lipinski definition) is 1. The van der Waals surface area contributed by atoms with Crippen LogP contribution in [0, 0.1) is 6.92 Å². The summed E-state index contributed by atoms with van der Waals surface area (Å²) in [5.41, 5.74) is 1.94. The molecule has 1 heterocycles. The molecule has 1 aromatic heterocycles. The van der Waals surface area contributed by atoms with Gasteiger partial charge < -0.3 is 4.74 Å². The lowest BCUT2D eigenvalue weighted by Crippen LogP contribution is -2.43. The van der Waals surface area contributed by atoms with Gasteiger partial charge in [-0.3, -0.25) is 10.00 Å². The lowest BCUT2D eigenvalue weighted by molar-refractivity contribution is -0.142. The van der Waals surface area contributed by atoms with Crippen molar-refractivity contribution in [2.75, 3.05) is 5.32 Å². The number of alkyl halides is 2. The fourth-order valence-corrected chi connectivity index (χ4v) is 2.86. The smallest absolute Gasteiger partial charge is 0.413 e. The van der Waals surface area contributed by atoms with Gasteiger partial charge in [0.2, 0.25) is 0 Å². The second kappa shape index (κ2) is 4.96. The van der Waals surface area contributed by atoms with Gasteiger partial charge in [0.1, 0.15) is 11.9 Å². The van der Waals surface area contributed by atoms with Gasteiger partial charge in [0.25, 0.3) is 5.92 Å². The number of halogens is 2. The summed E-state index contributed by atoms with van der Waals surface area (Å²) in [7, 11) is 1.75. The molecule has 0 aliphatic heterocycles. The van der Waals surface area contributed by atoms with Crippen molar-refractivity contribution in [3.8, 4) is 0 Å². The van der Waals surface area contributed by atoms with Crippen LogP contribution in [0.15, 0.2) is 0 Å². The highest BCUT2D eigenvalue weighted by Gasteiger charge is 2.47. The van der Waals surface area contributed by atoms with Crippen molar-refractivity contribution in [1.82, 2.24) is 9.78 Å². The van der Waals surface area contributed by atoms with Gasteiger partial charge in [0.15, 0.2) is 0 Å². The zero-order valence-electron chi connectivity index (χ0n) is 12.2. The second-order valence-corrected chi connectivity index (χ2v) is 6.03. The van der Waals surface area contributed by atoms with Crippen molar-refractivity contribution in [1.29, 1.82) is 0 Å². The minimum atomic E-state index is -2.69. The highest BCUT2D eigenvalue weighted by atomic mass is 19.3. The lowest BCUT2D eigenvalue weighted by Gasteiger charge is -2.33. The molecule has 0 spiro atoms. The highest BCUT2D eigenvalue weighted by molar-refractivity contribution is 5.84. The normalized spacial score (nSPS) is 21.5. The fraction of sp³-hybridized carbons (Fsp3) is 0.714. The number of rotatable bonds is 3. The van der Waals surface area contributed by atoms with Gasteiger partial charge in [-0.25, -0.2) is 13.6 Å². The monoisotopic (exact) mass is 299 g/mol. The molecule has 116 valence electrons. The first-order chi connectivity index (χ1) is 9.85. The number of ether oxygens (including phenoxy) is 1. The molecule has 1 aromatic rings. The van der Waals surface area contributed by atoms with Crippen LogP contribution in [0.5, 0.6) is 0 Å². The Hall–Kier alpha value is -1.66. The summed E-state index contributed by atoms with van der Waals surface area (Å²) in [6, 6.07) is 0. The number of aromatic nitrogens is 2. The molecule has 0 bridgehead atoms. The summed E-state index contributed by atoms with van der Waals surface area (Å²) in [4.78, 5) is 11.8. The van der Waals surface area contributed by atoms with Gasteiger partial charge in [0.05, 0.1) is 5.69 Å². The van der Waals surface area contributed by atoms with Crippen LogP contribution in [-0.4, -0.2) is 27.9 Å². The average molecular weight is 299 g/mol. The number of amides is 1. The maximum Gasteiger partial charge on any atom is 0.413 e. The van der Waals surface area contributed by atoms with Gasteiger partial charge in [-0.1, -0.05) is 6.42 Å². The van der Waals surface area contributed by atoms with E-state index < -0.39 is 31.0 Å². The summed E-state index contributed by atoms with van der Waals surface area (Å²) < 4.78 is 32.0. The molecule has 5 nitrogen and oxygen atoms in total. The number of nitrogens with zero attached hydrogens (tertiary/aromatic N) is 2. The Balaban J connectivity index is 1.62. The maximum absolute atomic E-state index is 12.7. The molecular weight excluding hydrogens is 280 g/mol. The number of anilines is 1. The van der Waals surface area contributed by atoms with Crippen molar-refractivity contribution in [3.05, 3.63) is 11.3 Å². The van der Waals surface area contributed by atoms with E-state index in [9.17, 15) is 13.6 Å². The van der Waals surface area contributed by atoms with Crippen LogP contribution < -0.4 is 5.32 Å². The third kappa shape index (κ3) is 2.73. The minimum Gasteiger partial charge on any atom is -0.445 e. The van der Waals surface area contributed by atoms with Crippen molar-refractivity contribution in [2.24, 2.45) is 7.05 Å². The average Bonchev–Trinajstić information content (AvgIpc) is 2.53. The van der Waals surface area contributed by atoms with Gasteiger partial charge >= 0.3 is 6.09 Å². The Morgan fingerprint density at radius 2 is 2.10 bits per heavy atom. The molecule has 2 fully saturated rings. The van der Waals surface area contributed by atoms with E-state index in [-0.39, 0.29) is 0 Å². The molecule has 3 rings (SSSR count). The Morgan fingerprint density at radius 3 is 2.62 bits per heavy atom. The van der Waals surface area contributed by atoms with Gasteiger partial charge in [-0.05, 0) is 19.8 Å². The first kappa shape index (κ1) is 14.3. The largest absolute Gasteiger partial charge is 0.445 e. The van der Waals surface area contributed by atoms with E-state index in [0.717, 1.165) is 24.1 Å². The van der Waals surface area contributed by atoms with Crippen LogP contribution >= 0.6 is 0 Å². The third-order valence-electron chi connectivity index (χ3n) is 4.36. The van der Waals surface area contributed by atoms with E-state index in [1.807, 2.05) is 6.92 Å². The molecule has 0 atom stereocenters. The molecule has 1 N–H and O–H groups in total. The van der Waals surface area contributed by atoms with Crippen molar-refractivity contribution >= 4 is 11.9 Å². The standard InChI is InChI=1S/C14H19F2N3O2/c1-8-11(9-4-3-5-9)18-19(2)12(8)17-13(20)21-10-6-14(15,16)7-10/h9-10H,3-7H2,1-2H3,(H,17,20). The van der Waals surface area contributed by atoms with Crippen molar-refractivity contribution in [3.63, 3.8) is 0 Å². The Bertz CT molecular complexity index is 559. The van der Waals surface area contributed by atoms with E-state index in [1.165, 1.54) is 6.42 Å². The zero-order valence-corrected chi connectivity index (χ0v) is 12.2. The number of aryl methyl sites for hydroxylation is 1. The van der Waals surface area contributed by atoms with Crippen LogP contribution in [-0.2, 0) is 11.8 Å². The SMILES string of the molecule is Cc1c(C2CCC2)nn(C)c1NC(=O)OC1CC(F)(F)C1. The van der Waals surface area contributed by atoms with E-state index in [1.54, 1.807) is 11.7 Å². The molecule has 21 heavy (non-hydrogen) atoms. The Morgan fingerprint density at radius 1 is 1.43 bits per heavy atom. The predicted molar refractivity (Wildman–Crippen MR) is 72.6 cm³/mol. The maximum atomic E-state index is 12.7. The second-order valence-electron chi connectivity index (χ2n) is 6.03. The molecule has 0 aromatic carbocycles. The molecule has 2 aliphatic rings. The Kier molecular flexibility index (Phi) is 3.37.